The van der Waals surface area contributed by atoms with Crippen molar-refractivity contribution >= 4 is 11.7 Å². The molecule has 2 N–H and O–H groups in total. The Morgan fingerprint density at radius 2 is 1.84 bits per heavy atom. The van der Waals surface area contributed by atoms with Gasteiger partial charge in [0.05, 0.1) is 24.4 Å². The van der Waals surface area contributed by atoms with Crippen LogP contribution in [-0.4, -0.2) is 37.8 Å². The van der Waals surface area contributed by atoms with Crippen molar-refractivity contribution in [1.29, 1.82) is 5.26 Å². The zero-order valence-electron chi connectivity index (χ0n) is 18.0. The van der Waals surface area contributed by atoms with Gasteiger partial charge in [0.25, 0.3) is 0 Å². The van der Waals surface area contributed by atoms with E-state index < -0.39 is 6.04 Å². The highest BCUT2D eigenvalue weighted by Crippen LogP contribution is 2.17. The molecule has 3 aromatic rings. The van der Waals surface area contributed by atoms with E-state index >= 15 is 0 Å². The lowest BCUT2D eigenvalue weighted by Crippen LogP contribution is -2.34. The average Bonchev–Trinajstić information content (AvgIpc) is 2.84. The predicted molar refractivity (Wildman–Crippen MR) is 122 cm³/mol. The highest BCUT2D eigenvalue weighted by Gasteiger charge is 2.20. The molecule has 0 saturated heterocycles. The topological polar surface area (TPSA) is 96.3 Å². The van der Waals surface area contributed by atoms with Gasteiger partial charge in [0, 0.05) is 13.7 Å². The minimum atomic E-state index is -0.533. The van der Waals surface area contributed by atoms with E-state index in [4.69, 9.17) is 14.7 Å². The molecular weight excluding hydrogens is 404 g/mol. The van der Waals surface area contributed by atoms with Crippen LogP contribution in [0.15, 0.2) is 72.9 Å². The minimum absolute atomic E-state index is 0.198. The summed E-state index contributed by atoms with van der Waals surface area (Å²) in [5.74, 6) is 0.862. The van der Waals surface area contributed by atoms with E-state index in [1.165, 1.54) is 0 Å². The molecule has 0 bridgehead atoms. The number of amides is 1. The number of carbonyl (C=O) groups is 1. The summed E-state index contributed by atoms with van der Waals surface area (Å²) in [6.45, 7) is 1.52. The number of hydrogen-bond acceptors (Lipinski definition) is 6. The first-order chi connectivity index (χ1) is 15.7. The number of hydrogen-bond donors (Lipinski definition) is 2. The first kappa shape index (κ1) is 22.9. The number of methoxy groups -OCH3 is 1. The molecule has 0 aliphatic rings. The van der Waals surface area contributed by atoms with Crippen molar-refractivity contribution in [2.45, 2.75) is 12.5 Å². The number of aromatic nitrogens is 1. The first-order valence-electron chi connectivity index (χ1n) is 10.4. The second-order valence-corrected chi connectivity index (χ2v) is 7.07. The number of nitriles is 1. The number of nitrogens with zero attached hydrogens (tertiary/aromatic N) is 2. The summed E-state index contributed by atoms with van der Waals surface area (Å²) in [6.07, 6.45) is 2.30. The number of nitrogens with one attached hydrogen (secondary N) is 2. The second kappa shape index (κ2) is 12.2. The van der Waals surface area contributed by atoms with Gasteiger partial charge in [-0.1, -0.05) is 42.5 Å². The predicted octanol–water partition coefficient (Wildman–Crippen LogP) is 3.49. The quantitative estimate of drug-likeness (QED) is 0.452. The molecule has 3 rings (SSSR count). The molecule has 0 fully saturated rings. The van der Waals surface area contributed by atoms with Crippen LogP contribution in [0.5, 0.6) is 5.75 Å². The fourth-order valence-electron chi connectivity index (χ4n) is 3.10. The SMILES string of the molecule is COCCOc1ccc(NC(=O)C(NCCc2ccc(C#N)cc2)c2ccccc2)nc1. The van der Waals surface area contributed by atoms with Gasteiger partial charge in [-0.15, -0.1) is 0 Å². The Labute approximate surface area is 188 Å². The van der Waals surface area contributed by atoms with Crippen molar-refractivity contribution in [2.75, 3.05) is 32.2 Å². The summed E-state index contributed by atoms with van der Waals surface area (Å²) in [4.78, 5) is 17.3. The van der Waals surface area contributed by atoms with Gasteiger partial charge in [-0.25, -0.2) is 4.98 Å². The Morgan fingerprint density at radius 1 is 1.06 bits per heavy atom. The van der Waals surface area contributed by atoms with Gasteiger partial charge in [-0.2, -0.15) is 5.26 Å². The Kier molecular flexibility index (Phi) is 8.75. The van der Waals surface area contributed by atoms with Crippen molar-refractivity contribution in [2.24, 2.45) is 0 Å². The molecule has 0 aliphatic carbocycles. The monoisotopic (exact) mass is 430 g/mol. The van der Waals surface area contributed by atoms with E-state index in [0.29, 0.717) is 36.9 Å². The summed E-state index contributed by atoms with van der Waals surface area (Å²) < 4.78 is 10.5. The summed E-state index contributed by atoms with van der Waals surface area (Å²) in [5.41, 5.74) is 2.59. The number of carbonyl (C=O) groups excluding carboxylic acids is 1. The highest BCUT2D eigenvalue weighted by molar-refractivity contribution is 5.94. The molecule has 0 aliphatic heterocycles. The molecule has 7 nitrogen and oxygen atoms in total. The number of rotatable bonds is 11. The maximum absolute atomic E-state index is 13.0. The second-order valence-electron chi connectivity index (χ2n) is 7.07. The molecule has 1 atom stereocenters. The summed E-state index contributed by atoms with van der Waals surface area (Å²) in [5, 5.41) is 15.1. The summed E-state index contributed by atoms with van der Waals surface area (Å²) in [7, 11) is 1.61. The van der Waals surface area contributed by atoms with Crippen LogP contribution in [0.2, 0.25) is 0 Å². The molecule has 1 amide bonds. The number of anilines is 1. The van der Waals surface area contributed by atoms with Crippen LogP contribution in [0, 0.1) is 11.3 Å². The highest BCUT2D eigenvalue weighted by atomic mass is 16.5. The molecule has 1 heterocycles. The third-order valence-electron chi connectivity index (χ3n) is 4.78. The fourth-order valence-corrected chi connectivity index (χ4v) is 3.10. The summed E-state index contributed by atoms with van der Waals surface area (Å²) in [6, 6.07) is 22.1. The van der Waals surface area contributed by atoms with Crippen LogP contribution < -0.4 is 15.4 Å². The molecule has 1 unspecified atom stereocenters. The molecule has 1 aromatic heterocycles. The van der Waals surface area contributed by atoms with Gasteiger partial charge in [0.15, 0.2) is 0 Å². The molecule has 0 radical (unpaired) electrons. The van der Waals surface area contributed by atoms with E-state index in [1.54, 1.807) is 37.6 Å². The standard InChI is InChI=1S/C25H26N4O3/c1-31-15-16-32-22-11-12-23(28-18-22)29-25(30)24(21-5-3-2-4-6-21)27-14-13-19-7-9-20(17-26)10-8-19/h2-12,18,24,27H,13-16H2,1H3,(H,28,29,30). The maximum atomic E-state index is 13.0. The molecular formula is C25H26N4O3. The van der Waals surface area contributed by atoms with E-state index in [2.05, 4.69) is 21.7 Å². The van der Waals surface area contributed by atoms with E-state index in [9.17, 15) is 4.79 Å². The lowest BCUT2D eigenvalue weighted by Gasteiger charge is -2.19. The Morgan fingerprint density at radius 3 is 2.50 bits per heavy atom. The average molecular weight is 431 g/mol. The molecule has 164 valence electrons. The number of pyridine rings is 1. The minimum Gasteiger partial charge on any atom is -0.490 e. The van der Waals surface area contributed by atoms with Gasteiger partial charge >= 0.3 is 0 Å². The van der Waals surface area contributed by atoms with Crippen LogP contribution in [0.4, 0.5) is 5.82 Å². The van der Waals surface area contributed by atoms with Crippen LogP contribution in [-0.2, 0) is 16.0 Å². The van der Waals surface area contributed by atoms with Crippen LogP contribution in [0.25, 0.3) is 0 Å². The van der Waals surface area contributed by atoms with Crippen LogP contribution in [0.3, 0.4) is 0 Å². The lowest BCUT2D eigenvalue weighted by atomic mass is 10.1. The van der Waals surface area contributed by atoms with Crippen molar-refractivity contribution in [1.82, 2.24) is 10.3 Å². The maximum Gasteiger partial charge on any atom is 0.247 e. The van der Waals surface area contributed by atoms with Gasteiger partial charge < -0.3 is 20.1 Å². The summed E-state index contributed by atoms with van der Waals surface area (Å²) >= 11 is 0. The van der Waals surface area contributed by atoms with Gasteiger partial charge in [0.2, 0.25) is 5.91 Å². The third kappa shape index (κ3) is 6.91. The third-order valence-corrected chi connectivity index (χ3v) is 4.78. The molecule has 0 spiro atoms. The van der Waals surface area contributed by atoms with Crippen molar-refractivity contribution < 1.29 is 14.3 Å². The van der Waals surface area contributed by atoms with Crippen LogP contribution >= 0.6 is 0 Å². The van der Waals surface area contributed by atoms with E-state index in [0.717, 1.165) is 17.5 Å². The zero-order chi connectivity index (χ0) is 22.6. The van der Waals surface area contributed by atoms with Gasteiger partial charge in [-0.3, -0.25) is 4.79 Å². The van der Waals surface area contributed by atoms with E-state index in [1.807, 2.05) is 42.5 Å². The van der Waals surface area contributed by atoms with Crippen LogP contribution in [0.1, 0.15) is 22.7 Å². The fraction of sp³-hybridized carbons (Fsp3) is 0.240. The lowest BCUT2D eigenvalue weighted by molar-refractivity contribution is -0.118. The molecule has 32 heavy (non-hydrogen) atoms. The molecule has 0 saturated carbocycles. The Balaban J connectivity index is 1.61. The number of ether oxygens (including phenoxy) is 2. The smallest absolute Gasteiger partial charge is 0.247 e. The van der Waals surface area contributed by atoms with Gasteiger partial charge in [0.1, 0.15) is 24.2 Å². The van der Waals surface area contributed by atoms with Gasteiger partial charge in [-0.05, 0) is 41.8 Å². The Bertz CT molecular complexity index is 1020. The number of benzene rings is 2. The Hall–Kier alpha value is -3.73. The van der Waals surface area contributed by atoms with E-state index in [-0.39, 0.29) is 5.91 Å². The molecule has 2 aromatic carbocycles. The first-order valence-corrected chi connectivity index (χ1v) is 10.4. The van der Waals surface area contributed by atoms with Crippen molar-refractivity contribution in [3.63, 3.8) is 0 Å². The normalized spacial score (nSPS) is 11.4. The molecule has 7 heteroatoms. The van der Waals surface area contributed by atoms with Crippen molar-refractivity contribution in [3.05, 3.63) is 89.6 Å². The van der Waals surface area contributed by atoms with Crippen molar-refractivity contribution in [3.8, 4) is 11.8 Å². The largest absolute Gasteiger partial charge is 0.490 e. The zero-order valence-corrected chi connectivity index (χ0v) is 18.0.